The van der Waals surface area contributed by atoms with Crippen LogP contribution in [0.25, 0.3) is 0 Å². The van der Waals surface area contributed by atoms with Crippen LogP contribution in [0, 0.1) is 0 Å². The van der Waals surface area contributed by atoms with Crippen molar-refractivity contribution in [2.24, 2.45) is 0 Å². The minimum absolute atomic E-state index is 0.111. The van der Waals surface area contributed by atoms with Gasteiger partial charge in [0, 0.05) is 34.5 Å². The summed E-state index contributed by atoms with van der Waals surface area (Å²) in [6, 6.07) is 27.5. The van der Waals surface area contributed by atoms with Gasteiger partial charge in [0.1, 0.15) is 11.8 Å². The highest BCUT2D eigenvalue weighted by Gasteiger charge is 2.23. The number of rotatable bonds is 15. The Kier molecular flexibility index (Phi) is 12.8. The van der Waals surface area contributed by atoms with Crippen LogP contribution in [-0.4, -0.2) is 70.7 Å². The van der Waals surface area contributed by atoms with E-state index in [-0.39, 0.29) is 34.8 Å². The van der Waals surface area contributed by atoms with Crippen LogP contribution < -0.4 is 26.3 Å². The number of para-hydroxylation sites is 2. The first-order valence-electron chi connectivity index (χ1n) is 14.8. The lowest BCUT2D eigenvalue weighted by Gasteiger charge is -2.25. The summed E-state index contributed by atoms with van der Waals surface area (Å²) < 4.78 is 5.84. The number of anilines is 2. The van der Waals surface area contributed by atoms with E-state index in [1.54, 1.807) is 23.1 Å². The fourth-order valence-electron chi connectivity index (χ4n) is 4.99. The van der Waals surface area contributed by atoms with E-state index in [9.17, 15) is 29.7 Å². The second-order valence-electron chi connectivity index (χ2n) is 10.8. The van der Waals surface area contributed by atoms with E-state index in [4.69, 9.17) is 4.74 Å². The fourth-order valence-corrected chi connectivity index (χ4v) is 5.50. The molecule has 4 aromatic carbocycles. The molecule has 0 bridgehead atoms. The molecule has 0 aromatic heterocycles. The number of methoxy groups -OCH3 is 1. The van der Waals surface area contributed by atoms with Gasteiger partial charge in [0.15, 0.2) is 0 Å². The Hall–Kier alpha value is -4.13. The van der Waals surface area contributed by atoms with E-state index < -0.39 is 20.3 Å². The third-order valence-corrected chi connectivity index (χ3v) is 7.75. The molecule has 0 aliphatic carbocycles. The molecule has 0 heterocycles. The lowest BCUT2D eigenvalue weighted by molar-refractivity contribution is -0.117. The molecule has 0 saturated heterocycles. The van der Waals surface area contributed by atoms with Crippen molar-refractivity contribution < 1.29 is 34.4 Å². The molecular weight excluding hydrogens is 652 g/mol. The van der Waals surface area contributed by atoms with Gasteiger partial charge < -0.3 is 40.4 Å². The summed E-state index contributed by atoms with van der Waals surface area (Å²) in [7, 11) is -2.03. The molecule has 0 radical (unpaired) electrons. The second-order valence-corrected chi connectivity index (χ2v) is 11.7. The molecule has 0 saturated carbocycles. The van der Waals surface area contributed by atoms with Gasteiger partial charge in [0.25, 0.3) is 5.91 Å². The van der Waals surface area contributed by atoms with E-state index in [1.165, 1.54) is 25.3 Å². The summed E-state index contributed by atoms with van der Waals surface area (Å²) in [4.78, 5) is 28.8. The zero-order valence-corrected chi connectivity index (χ0v) is 26.9. The molecule has 4 aromatic rings. The van der Waals surface area contributed by atoms with Crippen LogP contribution in [0.4, 0.5) is 11.4 Å². The van der Waals surface area contributed by atoms with E-state index in [0.29, 0.717) is 47.3 Å². The number of carbonyl (C=O) groups excluding carboxylic acids is 2. The summed E-state index contributed by atoms with van der Waals surface area (Å²) in [5.41, 5.74) is 2.73. The third-order valence-electron chi connectivity index (χ3n) is 7.29. The van der Waals surface area contributed by atoms with Crippen LogP contribution in [0.2, 0.25) is 0 Å². The van der Waals surface area contributed by atoms with Crippen molar-refractivity contribution in [2.45, 2.75) is 31.8 Å². The summed E-state index contributed by atoms with van der Waals surface area (Å²) >= 11 is 3.34. The Morgan fingerprint density at radius 3 is 2.09 bits per heavy atom. The number of halogens is 1. The van der Waals surface area contributed by atoms with Crippen molar-refractivity contribution in [1.82, 2.24) is 4.90 Å². The zero-order chi connectivity index (χ0) is 33.1. The van der Waals surface area contributed by atoms with E-state index >= 15 is 0 Å². The molecule has 2 amide bonds. The molecule has 238 valence electrons. The maximum atomic E-state index is 13.9. The zero-order valence-electron chi connectivity index (χ0n) is 25.3. The summed E-state index contributed by atoms with van der Waals surface area (Å²) in [6.07, 6.45) is 1.61. The Labute approximate surface area is 277 Å². The molecule has 0 aliphatic heterocycles. The maximum Gasteiger partial charge on any atom is 0.488 e. The first kappa shape index (κ1) is 34.7. The van der Waals surface area contributed by atoms with E-state index in [0.717, 1.165) is 5.69 Å². The van der Waals surface area contributed by atoms with E-state index in [2.05, 4.69) is 26.6 Å². The molecule has 46 heavy (non-hydrogen) atoms. The number of hydrogen-bond donors (Lipinski definition) is 6. The smallest absolute Gasteiger partial charge is 0.488 e. The average molecular weight is 688 g/mol. The van der Waals surface area contributed by atoms with Gasteiger partial charge in [0.2, 0.25) is 5.91 Å². The monoisotopic (exact) mass is 687 g/mol. The summed E-state index contributed by atoms with van der Waals surface area (Å²) in [5.74, 6) is -0.142. The lowest BCUT2D eigenvalue weighted by Crippen LogP contribution is -2.36. The van der Waals surface area contributed by atoms with Crippen molar-refractivity contribution in [3.05, 3.63) is 113 Å². The first-order chi connectivity index (χ1) is 22.1. The average Bonchev–Trinajstić information content (AvgIpc) is 3.05. The highest BCUT2D eigenvalue weighted by molar-refractivity contribution is 9.10. The van der Waals surface area contributed by atoms with Crippen molar-refractivity contribution >= 4 is 64.3 Å². The molecule has 4 rings (SSSR count). The number of amides is 2. The van der Waals surface area contributed by atoms with Crippen LogP contribution in [0.5, 0.6) is 5.75 Å². The Morgan fingerprint density at radius 1 is 0.826 bits per heavy atom. The molecular formula is C33H36B2BrN3O7. The van der Waals surface area contributed by atoms with Crippen LogP contribution >= 0.6 is 15.9 Å². The molecule has 10 nitrogen and oxygen atoms in total. The first-order valence-corrected chi connectivity index (χ1v) is 15.6. The van der Waals surface area contributed by atoms with Crippen molar-refractivity contribution in [3.63, 3.8) is 0 Å². The van der Waals surface area contributed by atoms with Gasteiger partial charge in [-0.15, -0.1) is 0 Å². The predicted octanol–water partition coefficient (Wildman–Crippen LogP) is 2.75. The van der Waals surface area contributed by atoms with Gasteiger partial charge >= 0.3 is 14.2 Å². The minimum atomic E-state index is -1.76. The molecule has 1 atom stereocenters. The molecule has 0 fully saturated rings. The van der Waals surface area contributed by atoms with Gasteiger partial charge in [-0.3, -0.25) is 9.59 Å². The Balaban J connectivity index is 1.53. The Bertz CT molecular complexity index is 1600. The number of nitrogens with one attached hydrogen (secondary N) is 2. The molecule has 13 heteroatoms. The van der Waals surface area contributed by atoms with E-state index in [1.807, 2.05) is 60.7 Å². The SMILES string of the molecule is COc1cc(CN(CCCC[C@H](Nc2ccccc2)C(=O)Nc2ccccc2)C(=O)c2cc(Br)cc(B(O)O)c2)cc(B(O)O)c1. The molecule has 0 aliphatic rings. The summed E-state index contributed by atoms with van der Waals surface area (Å²) in [6.45, 7) is 0.411. The standard InChI is InChI=1S/C33H36B2BrN3O7/c1-46-30-17-23(16-25(21-30)34(42)43)22-39(33(41)24-18-26(35(44)45)20-27(36)19-24)15-9-8-14-31(37-28-10-4-2-5-11-28)32(40)38-29-12-6-3-7-13-29/h2-7,10-13,16-21,31,37,42-45H,8-9,14-15,22H2,1H3,(H,38,40)/t31-/m0/s1. The number of hydrogen-bond acceptors (Lipinski definition) is 8. The fraction of sp³-hybridized carbons (Fsp3) is 0.212. The van der Waals surface area contributed by atoms with Gasteiger partial charge in [-0.2, -0.15) is 0 Å². The van der Waals surface area contributed by atoms with Crippen LogP contribution in [0.3, 0.4) is 0 Å². The normalized spacial score (nSPS) is 11.3. The Morgan fingerprint density at radius 2 is 1.46 bits per heavy atom. The molecule has 0 unspecified atom stereocenters. The minimum Gasteiger partial charge on any atom is -0.497 e. The van der Waals surface area contributed by atoms with Gasteiger partial charge in [-0.1, -0.05) is 58.4 Å². The van der Waals surface area contributed by atoms with Crippen molar-refractivity contribution in [1.29, 1.82) is 0 Å². The largest absolute Gasteiger partial charge is 0.497 e. The highest BCUT2D eigenvalue weighted by Crippen LogP contribution is 2.20. The number of benzene rings is 4. The van der Waals surface area contributed by atoms with Gasteiger partial charge in [0.05, 0.1) is 7.11 Å². The molecule has 0 spiro atoms. The number of unbranched alkanes of at least 4 members (excludes halogenated alkanes) is 1. The number of nitrogens with zero attached hydrogens (tertiary/aromatic N) is 1. The van der Waals surface area contributed by atoms with Crippen molar-refractivity contribution in [3.8, 4) is 5.75 Å². The van der Waals surface area contributed by atoms with Crippen LogP contribution in [-0.2, 0) is 11.3 Å². The van der Waals surface area contributed by atoms with Crippen LogP contribution in [0.1, 0.15) is 35.2 Å². The summed E-state index contributed by atoms with van der Waals surface area (Å²) in [5, 5.41) is 45.4. The molecule has 6 N–H and O–H groups in total. The van der Waals surface area contributed by atoms with Gasteiger partial charge in [-0.25, -0.2) is 0 Å². The predicted molar refractivity (Wildman–Crippen MR) is 184 cm³/mol. The van der Waals surface area contributed by atoms with Crippen molar-refractivity contribution in [2.75, 3.05) is 24.3 Å². The van der Waals surface area contributed by atoms with Crippen LogP contribution in [0.15, 0.2) is 102 Å². The number of ether oxygens (including phenoxy) is 1. The maximum absolute atomic E-state index is 13.9. The third kappa shape index (κ3) is 10.2. The quantitative estimate of drug-likeness (QED) is 0.0825. The highest BCUT2D eigenvalue weighted by atomic mass is 79.9. The number of carbonyl (C=O) groups is 2. The second kappa shape index (κ2) is 17.0. The topological polar surface area (TPSA) is 152 Å². The van der Waals surface area contributed by atoms with Gasteiger partial charge in [-0.05, 0) is 90.3 Å². The lowest BCUT2D eigenvalue weighted by atomic mass is 9.79.